The smallest absolute Gasteiger partial charge is 0.0249 e. The van der Waals surface area contributed by atoms with E-state index in [0.717, 1.165) is 11.1 Å². The molecule has 0 heterocycles. The average molecular weight is 269 g/mol. The first kappa shape index (κ1) is 12.0. The Hall–Kier alpha value is -1.12. The molecule has 0 amide bonds. The summed E-state index contributed by atoms with van der Waals surface area (Å²) in [4.78, 5) is 0. The van der Waals surface area contributed by atoms with Crippen molar-refractivity contribution in [1.29, 1.82) is 0 Å². The van der Waals surface area contributed by atoms with Crippen molar-refractivity contribution >= 4 is 0 Å². The van der Waals surface area contributed by atoms with E-state index in [4.69, 9.17) is 0 Å². The first-order valence-electron chi connectivity index (χ1n) is 4.57. The summed E-state index contributed by atoms with van der Waals surface area (Å²) in [5, 5.41) is 0. The first-order valence-corrected chi connectivity index (χ1v) is 4.57. The van der Waals surface area contributed by atoms with Crippen molar-refractivity contribution in [2.75, 3.05) is 0 Å². The Morgan fingerprint density at radius 3 is 1.20 bits per heavy atom. The van der Waals surface area contributed by atoms with Gasteiger partial charge >= 0.3 is 0 Å². The second kappa shape index (κ2) is 6.38. The SMILES string of the molecule is C(#Cc1ccccc1)c1ccccc1.[Zr]. The van der Waals surface area contributed by atoms with Crippen LogP contribution < -0.4 is 0 Å². The Bertz CT molecular complexity index is 405. The minimum absolute atomic E-state index is 0. The standard InChI is InChI=1S/C14H10.Zr/c1-3-7-13(8-4-1)11-12-14-9-5-2-6-10-14;/h1-10H;. The van der Waals surface area contributed by atoms with E-state index in [1.165, 1.54) is 0 Å². The molecule has 0 spiro atoms. The van der Waals surface area contributed by atoms with E-state index < -0.39 is 0 Å². The van der Waals surface area contributed by atoms with Crippen LogP contribution in [-0.4, -0.2) is 0 Å². The maximum absolute atomic E-state index is 3.11. The molecular formula is C14H10Zr. The number of benzene rings is 2. The molecule has 1 heteroatoms. The van der Waals surface area contributed by atoms with Crippen molar-refractivity contribution in [2.24, 2.45) is 0 Å². The summed E-state index contributed by atoms with van der Waals surface area (Å²) < 4.78 is 0. The number of hydrogen-bond donors (Lipinski definition) is 0. The van der Waals surface area contributed by atoms with Gasteiger partial charge in [-0.2, -0.15) is 0 Å². The Kier molecular flexibility index (Phi) is 5.09. The topological polar surface area (TPSA) is 0 Å². The maximum Gasteiger partial charge on any atom is 0.0249 e. The number of hydrogen-bond acceptors (Lipinski definition) is 0. The van der Waals surface area contributed by atoms with Crippen molar-refractivity contribution in [2.45, 2.75) is 0 Å². The summed E-state index contributed by atoms with van der Waals surface area (Å²) in [6, 6.07) is 20.0. The second-order valence-electron chi connectivity index (χ2n) is 2.98. The fourth-order valence-corrected chi connectivity index (χ4v) is 1.19. The molecule has 2 rings (SSSR count). The molecule has 0 radical (unpaired) electrons. The van der Waals surface area contributed by atoms with E-state index in [1.807, 2.05) is 60.7 Å². The second-order valence-corrected chi connectivity index (χ2v) is 2.98. The van der Waals surface area contributed by atoms with E-state index in [0.29, 0.717) is 0 Å². The van der Waals surface area contributed by atoms with Crippen LogP contribution in [0.15, 0.2) is 60.7 Å². The summed E-state index contributed by atoms with van der Waals surface area (Å²) in [6.07, 6.45) is 0. The molecule has 0 fully saturated rings. The quantitative estimate of drug-likeness (QED) is 0.645. The first-order chi connectivity index (χ1) is 6.95. The molecule has 2 aromatic rings. The molecule has 0 N–H and O–H groups in total. The van der Waals surface area contributed by atoms with Gasteiger partial charge in [0, 0.05) is 37.3 Å². The van der Waals surface area contributed by atoms with Gasteiger partial charge in [0.15, 0.2) is 0 Å². The molecule has 0 aromatic heterocycles. The molecule has 0 saturated heterocycles. The Labute approximate surface area is 109 Å². The third-order valence-corrected chi connectivity index (χ3v) is 1.90. The van der Waals surface area contributed by atoms with Crippen LogP contribution >= 0.6 is 0 Å². The van der Waals surface area contributed by atoms with Crippen LogP contribution in [0.5, 0.6) is 0 Å². The van der Waals surface area contributed by atoms with Gasteiger partial charge in [0.2, 0.25) is 0 Å². The summed E-state index contributed by atoms with van der Waals surface area (Å²) in [5.41, 5.74) is 2.10. The van der Waals surface area contributed by atoms with E-state index in [2.05, 4.69) is 11.8 Å². The van der Waals surface area contributed by atoms with Gasteiger partial charge in [0.1, 0.15) is 0 Å². The zero-order chi connectivity index (χ0) is 9.64. The fraction of sp³-hybridized carbons (Fsp3) is 0. The Morgan fingerprint density at radius 1 is 0.533 bits per heavy atom. The van der Waals surface area contributed by atoms with Gasteiger partial charge in [-0.15, -0.1) is 0 Å². The van der Waals surface area contributed by atoms with Crippen LogP contribution in [0, 0.1) is 11.8 Å². The molecule has 0 bridgehead atoms. The average Bonchev–Trinajstić information content (AvgIpc) is 2.29. The molecule has 0 aliphatic heterocycles. The fourth-order valence-electron chi connectivity index (χ4n) is 1.19. The monoisotopic (exact) mass is 268 g/mol. The van der Waals surface area contributed by atoms with Gasteiger partial charge in [-0.3, -0.25) is 0 Å². The van der Waals surface area contributed by atoms with Gasteiger partial charge in [-0.25, -0.2) is 0 Å². The van der Waals surface area contributed by atoms with Crippen LogP contribution in [-0.2, 0) is 26.2 Å². The van der Waals surface area contributed by atoms with Crippen LogP contribution in [0.2, 0.25) is 0 Å². The van der Waals surface area contributed by atoms with Gasteiger partial charge in [-0.05, 0) is 24.3 Å². The van der Waals surface area contributed by atoms with Gasteiger partial charge in [0.05, 0.1) is 0 Å². The minimum atomic E-state index is 0. The molecule has 0 nitrogen and oxygen atoms in total. The van der Waals surface area contributed by atoms with Crippen LogP contribution in [0.3, 0.4) is 0 Å². The van der Waals surface area contributed by atoms with Crippen LogP contribution in [0.1, 0.15) is 11.1 Å². The molecule has 0 unspecified atom stereocenters. The largest absolute Gasteiger partial charge is 0.0622 e. The summed E-state index contributed by atoms with van der Waals surface area (Å²) in [6.45, 7) is 0. The van der Waals surface area contributed by atoms with E-state index >= 15 is 0 Å². The van der Waals surface area contributed by atoms with Gasteiger partial charge in [0.25, 0.3) is 0 Å². The summed E-state index contributed by atoms with van der Waals surface area (Å²) >= 11 is 0. The van der Waals surface area contributed by atoms with E-state index in [1.54, 1.807) is 0 Å². The van der Waals surface area contributed by atoms with Crippen molar-refractivity contribution in [1.82, 2.24) is 0 Å². The Balaban J connectivity index is 0.00000112. The molecule has 0 aliphatic rings. The van der Waals surface area contributed by atoms with Crippen LogP contribution in [0.25, 0.3) is 0 Å². The molecule has 70 valence electrons. The molecule has 0 atom stereocenters. The third-order valence-electron chi connectivity index (χ3n) is 1.90. The van der Waals surface area contributed by atoms with Gasteiger partial charge < -0.3 is 0 Å². The van der Waals surface area contributed by atoms with Crippen molar-refractivity contribution < 1.29 is 26.2 Å². The van der Waals surface area contributed by atoms with Gasteiger partial charge in [-0.1, -0.05) is 48.2 Å². The number of rotatable bonds is 0. The predicted octanol–water partition coefficient (Wildman–Crippen LogP) is 3.08. The third kappa shape index (κ3) is 3.86. The Morgan fingerprint density at radius 2 is 0.867 bits per heavy atom. The van der Waals surface area contributed by atoms with E-state index in [-0.39, 0.29) is 26.2 Å². The molecule has 2 aromatic carbocycles. The zero-order valence-electron chi connectivity index (χ0n) is 8.27. The summed E-state index contributed by atoms with van der Waals surface area (Å²) in [7, 11) is 0. The van der Waals surface area contributed by atoms with Crippen LogP contribution in [0.4, 0.5) is 0 Å². The van der Waals surface area contributed by atoms with Crippen molar-refractivity contribution in [3.8, 4) is 11.8 Å². The molecular weight excluding hydrogens is 259 g/mol. The maximum atomic E-state index is 3.11. The zero-order valence-corrected chi connectivity index (χ0v) is 10.7. The molecule has 15 heavy (non-hydrogen) atoms. The minimum Gasteiger partial charge on any atom is -0.0622 e. The van der Waals surface area contributed by atoms with Crippen molar-refractivity contribution in [3.63, 3.8) is 0 Å². The van der Waals surface area contributed by atoms with E-state index in [9.17, 15) is 0 Å². The van der Waals surface area contributed by atoms with Crippen molar-refractivity contribution in [3.05, 3.63) is 71.8 Å². The molecule has 0 aliphatic carbocycles. The normalized spacial score (nSPS) is 8.27. The summed E-state index contributed by atoms with van der Waals surface area (Å²) in [5.74, 6) is 6.22. The predicted molar refractivity (Wildman–Crippen MR) is 58.9 cm³/mol. The molecule has 0 saturated carbocycles.